The average molecular weight is 240 g/mol. The molecule has 0 unspecified atom stereocenters. The van der Waals surface area contributed by atoms with E-state index in [9.17, 15) is 9.18 Å². The average Bonchev–Trinajstić information content (AvgIpc) is 2.31. The Bertz CT molecular complexity index is 371. The lowest BCUT2D eigenvalue weighted by Gasteiger charge is -2.16. The van der Waals surface area contributed by atoms with Gasteiger partial charge in [0.1, 0.15) is 5.82 Å². The summed E-state index contributed by atoms with van der Waals surface area (Å²) in [5.74, 6) is -0.259. The van der Waals surface area contributed by atoms with Gasteiger partial charge in [0.25, 0.3) is 0 Å². The van der Waals surface area contributed by atoms with Crippen molar-refractivity contribution in [2.24, 2.45) is 0 Å². The van der Waals surface area contributed by atoms with Crippen LogP contribution in [0.15, 0.2) is 24.3 Å². The quantitative estimate of drug-likeness (QED) is 0.806. The fourth-order valence-corrected chi connectivity index (χ4v) is 1.39. The van der Waals surface area contributed by atoms with Crippen LogP contribution in [0.5, 0.6) is 0 Å². The fraction of sp³-hybridized carbons (Fsp3) is 0.417. The summed E-state index contributed by atoms with van der Waals surface area (Å²) in [7, 11) is 1.59. The van der Waals surface area contributed by atoms with Crippen LogP contribution in [0, 0.1) is 5.82 Å². The second kappa shape index (κ2) is 6.85. The third-order valence-corrected chi connectivity index (χ3v) is 2.41. The Morgan fingerprint density at radius 1 is 1.47 bits per heavy atom. The molecule has 0 fully saturated rings. The number of hydrogen-bond donors (Lipinski definition) is 2. The zero-order valence-electron chi connectivity index (χ0n) is 9.82. The maximum absolute atomic E-state index is 13.2. The van der Waals surface area contributed by atoms with Crippen molar-refractivity contribution in [1.29, 1.82) is 0 Å². The molecule has 0 saturated heterocycles. The first-order valence-corrected chi connectivity index (χ1v) is 5.48. The van der Waals surface area contributed by atoms with Gasteiger partial charge in [-0.2, -0.15) is 0 Å². The molecule has 4 nitrogen and oxygen atoms in total. The van der Waals surface area contributed by atoms with E-state index in [0.29, 0.717) is 18.5 Å². The van der Waals surface area contributed by atoms with Crippen LogP contribution in [-0.4, -0.2) is 42.8 Å². The topological polar surface area (TPSA) is 52.6 Å². The van der Waals surface area contributed by atoms with Gasteiger partial charge in [-0.05, 0) is 18.1 Å². The summed E-state index contributed by atoms with van der Waals surface area (Å²) < 4.78 is 13.2. The number of amides is 2. The molecule has 5 heteroatoms. The fourth-order valence-electron chi connectivity index (χ4n) is 1.39. The van der Waals surface area contributed by atoms with E-state index in [2.05, 4.69) is 5.32 Å². The summed E-state index contributed by atoms with van der Waals surface area (Å²) in [5, 5.41) is 11.3. The first-order chi connectivity index (χ1) is 8.15. The Labute approximate surface area is 100 Å². The van der Waals surface area contributed by atoms with E-state index in [-0.39, 0.29) is 25.0 Å². The maximum atomic E-state index is 13.2. The van der Waals surface area contributed by atoms with Crippen LogP contribution in [0.4, 0.5) is 9.18 Å². The van der Waals surface area contributed by atoms with Gasteiger partial charge in [0.05, 0.1) is 6.61 Å². The molecule has 0 radical (unpaired) electrons. The van der Waals surface area contributed by atoms with E-state index < -0.39 is 0 Å². The highest BCUT2D eigenvalue weighted by atomic mass is 19.1. The summed E-state index contributed by atoms with van der Waals surface area (Å²) in [5.41, 5.74) is 0.581. The van der Waals surface area contributed by atoms with Gasteiger partial charge in [-0.15, -0.1) is 0 Å². The van der Waals surface area contributed by atoms with Crippen molar-refractivity contribution in [3.05, 3.63) is 35.6 Å². The predicted octanol–water partition coefficient (Wildman–Crippen LogP) is 1.00. The molecule has 1 aromatic carbocycles. The molecule has 0 aliphatic rings. The van der Waals surface area contributed by atoms with Crippen LogP contribution in [0.2, 0.25) is 0 Å². The molecule has 0 saturated carbocycles. The van der Waals surface area contributed by atoms with Crippen molar-refractivity contribution in [3.8, 4) is 0 Å². The minimum Gasteiger partial charge on any atom is -0.395 e. The van der Waals surface area contributed by atoms with Gasteiger partial charge >= 0.3 is 6.03 Å². The van der Waals surface area contributed by atoms with E-state index in [1.54, 1.807) is 25.2 Å². The van der Waals surface area contributed by atoms with Gasteiger partial charge in [0.15, 0.2) is 0 Å². The molecule has 94 valence electrons. The zero-order chi connectivity index (χ0) is 12.7. The molecule has 0 aliphatic heterocycles. The molecule has 0 aromatic heterocycles. The number of rotatable bonds is 5. The Morgan fingerprint density at radius 2 is 2.18 bits per heavy atom. The van der Waals surface area contributed by atoms with Crippen LogP contribution >= 0.6 is 0 Å². The Kier molecular flexibility index (Phi) is 5.42. The Hall–Kier alpha value is -1.62. The predicted molar refractivity (Wildman–Crippen MR) is 63.2 cm³/mol. The number of carbonyl (C=O) groups is 1. The summed E-state index contributed by atoms with van der Waals surface area (Å²) in [6.07, 6.45) is 0.450. The van der Waals surface area contributed by atoms with Crippen LogP contribution in [0.1, 0.15) is 5.56 Å². The van der Waals surface area contributed by atoms with Gasteiger partial charge < -0.3 is 15.3 Å². The highest BCUT2D eigenvalue weighted by Crippen LogP contribution is 2.06. The molecule has 0 spiro atoms. The first kappa shape index (κ1) is 13.4. The SMILES string of the molecule is CN(CCO)C(=O)NCCc1ccccc1F. The molecular weight excluding hydrogens is 223 g/mol. The molecule has 2 amide bonds. The van der Waals surface area contributed by atoms with Gasteiger partial charge in [-0.1, -0.05) is 18.2 Å². The lowest BCUT2D eigenvalue weighted by atomic mass is 10.1. The third kappa shape index (κ3) is 4.40. The lowest BCUT2D eigenvalue weighted by molar-refractivity contribution is 0.190. The van der Waals surface area contributed by atoms with Gasteiger partial charge in [-0.3, -0.25) is 0 Å². The van der Waals surface area contributed by atoms with Crippen molar-refractivity contribution >= 4 is 6.03 Å². The molecule has 17 heavy (non-hydrogen) atoms. The number of nitrogens with one attached hydrogen (secondary N) is 1. The highest BCUT2D eigenvalue weighted by molar-refractivity contribution is 5.73. The normalized spacial score (nSPS) is 10.1. The van der Waals surface area contributed by atoms with Crippen molar-refractivity contribution in [1.82, 2.24) is 10.2 Å². The number of benzene rings is 1. The third-order valence-electron chi connectivity index (χ3n) is 2.41. The van der Waals surface area contributed by atoms with E-state index in [4.69, 9.17) is 5.11 Å². The summed E-state index contributed by atoms with van der Waals surface area (Å²) in [6.45, 7) is 0.582. The van der Waals surface area contributed by atoms with Gasteiger partial charge in [-0.25, -0.2) is 9.18 Å². The summed E-state index contributed by atoms with van der Waals surface area (Å²) >= 11 is 0. The number of likely N-dealkylation sites (N-methyl/N-ethyl adjacent to an activating group) is 1. The standard InChI is InChI=1S/C12H17FN2O2/c1-15(8-9-16)12(17)14-7-6-10-4-2-3-5-11(10)13/h2-5,16H,6-9H2,1H3,(H,14,17). The van der Waals surface area contributed by atoms with Crippen molar-refractivity contribution in [2.75, 3.05) is 26.7 Å². The zero-order valence-corrected chi connectivity index (χ0v) is 9.82. The molecule has 1 aromatic rings. The number of carbonyl (C=O) groups excluding carboxylic acids is 1. The molecule has 0 atom stereocenters. The van der Waals surface area contributed by atoms with Crippen molar-refractivity contribution < 1.29 is 14.3 Å². The molecular formula is C12H17FN2O2. The highest BCUT2D eigenvalue weighted by Gasteiger charge is 2.07. The van der Waals surface area contributed by atoms with Crippen LogP contribution < -0.4 is 5.32 Å². The number of hydrogen-bond acceptors (Lipinski definition) is 2. The number of nitrogens with zero attached hydrogens (tertiary/aromatic N) is 1. The second-order valence-electron chi connectivity index (χ2n) is 3.72. The molecule has 1 rings (SSSR count). The largest absolute Gasteiger partial charge is 0.395 e. The lowest BCUT2D eigenvalue weighted by Crippen LogP contribution is -2.39. The van der Waals surface area contributed by atoms with E-state index in [0.717, 1.165) is 0 Å². The number of halogens is 1. The van der Waals surface area contributed by atoms with E-state index in [1.165, 1.54) is 11.0 Å². The van der Waals surface area contributed by atoms with Crippen molar-refractivity contribution in [3.63, 3.8) is 0 Å². The van der Waals surface area contributed by atoms with Crippen LogP contribution in [0.3, 0.4) is 0 Å². The molecule has 0 heterocycles. The van der Waals surface area contributed by atoms with Gasteiger partial charge in [0.2, 0.25) is 0 Å². The van der Waals surface area contributed by atoms with Crippen LogP contribution in [0.25, 0.3) is 0 Å². The maximum Gasteiger partial charge on any atom is 0.317 e. The molecule has 0 bridgehead atoms. The monoisotopic (exact) mass is 240 g/mol. The first-order valence-electron chi connectivity index (χ1n) is 5.48. The van der Waals surface area contributed by atoms with Gasteiger partial charge in [0, 0.05) is 20.1 Å². The van der Waals surface area contributed by atoms with Crippen molar-refractivity contribution in [2.45, 2.75) is 6.42 Å². The molecule has 2 N–H and O–H groups in total. The number of aliphatic hydroxyl groups is 1. The van der Waals surface area contributed by atoms with E-state index >= 15 is 0 Å². The minimum atomic E-state index is -0.268. The number of aliphatic hydroxyl groups excluding tert-OH is 1. The summed E-state index contributed by atoms with van der Waals surface area (Å²) in [4.78, 5) is 12.8. The Balaban J connectivity index is 2.33. The smallest absolute Gasteiger partial charge is 0.317 e. The van der Waals surface area contributed by atoms with Crippen LogP contribution in [-0.2, 0) is 6.42 Å². The number of urea groups is 1. The van der Waals surface area contributed by atoms with E-state index in [1.807, 2.05) is 0 Å². The minimum absolute atomic E-state index is 0.0722. The Morgan fingerprint density at radius 3 is 2.82 bits per heavy atom. The second-order valence-corrected chi connectivity index (χ2v) is 3.72. The molecule has 0 aliphatic carbocycles. The summed E-state index contributed by atoms with van der Waals surface area (Å²) in [6, 6.07) is 6.22.